The molecule has 30 heavy (non-hydrogen) atoms. The van der Waals surface area contributed by atoms with Crippen LogP contribution in [0.15, 0.2) is 41.4 Å². The molecule has 3 heterocycles. The van der Waals surface area contributed by atoms with E-state index < -0.39 is 0 Å². The average molecular weight is 406 g/mol. The van der Waals surface area contributed by atoms with Gasteiger partial charge in [-0.3, -0.25) is 14.6 Å². The molecule has 2 aromatic heterocycles. The number of hydrogen-bond acceptors (Lipinski definition) is 5. The molecule has 7 nitrogen and oxygen atoms in total. The first kappa shape index (κ1) is 20.1. The normalized spacial score (nSPS) is 14.5. The highest BCUT2D eigenvalue weighted by Gasteiger charge is 2.26. The number of furan rings is 1. The Kier molecular flexibility index (Phi) is 5.53. The van der Waals surface area contributed by atoms with Crippen LogP contribution in [0.2, 0.25) is 0 Å². The van der Waals surface area contributed by atoms with Crippen LogP contribution in [0.3, 0.4) is 0 Å². The second kappa shape index (κ2) is 8.26. The highest BCUT2D eigenvalue weighted by Crippen LogP contribution is 2.29. The van der Waals surface area contributed by atoms with Gasteiger partial charge in [0.1, 0.15) is 11.3 Å². The second-order valence-corrected chi connectivity index (χ2v) is 8.06. The van der Waals surface area contributed by atoms with Crippen LogP contribution in [0.1, 0.15) is 46.9 Å². The van der Waals surface area contributed by atoms with Gasteiger partial charge in [-0.2, -0.15) is 0 Å². The SMILES string of the molecule is Cc1cc2occ(CC(=O)N3CCN(C(=O)c4cnccn4)CC3)c2cc1C(C)C. The Morgan fingerprint density at radius 3 is 2.50 bits per heavy atom. The van der Waals surface area contributed by atoms with Crippen LogP contribution in [0.5, 0.6) is 0 Å². The van der Waals surface area contributed by atoms with Crippen molar-refractivity contribution in [1.29, 1.82) is 0 Å². The molecule has 0 atom stereocenters. The quantitative estimate of drug-likeness (QED) is 0.665. The molecule has 4 rings (SSSR count). The zero-order chi connectivity index (χ0) is 21.3. The molecule has 1 fully saturated rings. The Hall–Kier alpha value is -3.22. The summed E-state index contributed by atoms with van der Waals surface area (Å²) in [6, 6.07) is 4.20. The number of fused-ring (bicyclic) bond motifs is 1. The van der Waals surface area contributed by atoms with E-state index in [1.54, 1.807) is 17.4 Å². The van der Waals surface area contributed by atoms with Gasteiger partial charge >= 0.3 is 0 Å². The topological polar surface area (TPSA) is 79.5 Å². The van der Waals surface area contributed by atoms with Crippen molar-refractivity contribution in [2.45, 2.75) is 33.1 Å². The lowest BCUT2D eigenvalue weighted by Crippen LogP contribution is -2.51. The van der Waals surface area contributed by atoms with Gasteiger partial charge in [0.2, 0.25) is 5.91 Å². The summed E-state index contributed by atoms with van der Waals surface area (Å²) >= 11 is 0. The lowest BCUT2D eigenvalue weighted by molar-refractivity contribution is -0.131. The van der Waals surface area contributed by atoms with E-state index in [4.69, 9.17) is 4.42 Å². The molecular formula is C23H26N4O3. The van der Waals surface area contributed by atoms with Gasteiger partial charge in [0.05, 0.1) is 18.9 Å². The van der Waals surface area contributed by atoms with E-state index in [1.807, 2.05) is 4.90 Å². The van der Waals surface area contributed by atoms with Crippen molar-refractivity contribution in [3.63, 3.8) is 0 Å². The van der Waals surface area contributed by atoms with Crippen LogP contribution in [0, 0.1) is 6.92 Å². The minimum absolute atomic E-state index is 0.0518. The third-order valence-corrected chi connectivity index (χ3v) is 5.71. The molecular weight excluding hydrogens is 380 g/mol. The summed E-state index contributed by atoms with van der Waals surface area (Å²) < 4.78 is 5.71. The number of amides is 2. The van der Waals surface area contributed by atoms with Gasteiger partial charge in [0.25, 0.3) is 5.91 Å². The Morgan fingerprint density at radius 2 is 1.83 bits per heavy atom. The van der Waals surface area contributed by atoms with Gasteiger partial charge in [0.15, 0.2) is 0 Å². The van der Waals surface area contributed by atoms with Crippen LogP contribution in [0.25, 0.3) is 11.0 Å². The number of nitrogens with zero attached hydrogens (tertiary/aromatic N) is 4. The third-order valence-electron chi connectivity index (χ3n) is 5.71. The maximum absolute atomic E-state index is 12.9. The molecule has 3 aromatic rings. The summed E-state index contributed by atoms with van der Waals surface area (Å²) in [4.78, 5) is 37.0. The summed E-state index contributed by atoms with van der Waals surface area (Å²) in [5, 5.41) is 1.01. The van der Waals surface area contributed by atoms with Crippen molar-refractivity contribution in [2.75, 3.05) is 26.2 Å². The Labute approximate surface area is 175 Å². The monoisotopic (exact) mass is 406 g/mol. The van der Waals surface area contributed by atoms with Gasteiger partial charge in [-0.05, 0) is 36.1 Å². The molecule has 0 bridgehead atoms. The Bertz CT molecular complexity index is 1070. The third kappa shape index (κ3) is 3.92. The van der Waals surface area contributed by atoms with Crippen molar-refractivity contribution in [1.82, 2.24) is 19.8 Å². The average Bonchev–Trinajstić information content (AvgIpc) is 3.14. The molecule has 7 heteroatoms. The zero-order valence-electron chi connectivity index (χ0n) is 17.6. The fourth-order valence-corrected chi connectivity index (χ4v) is 4.01. The van der Waals surface area contributed by atoms with E-state index >= 15 is 0 Å². The highest BCUT2D eigenvalue weighted by atomic mass is 16.3. The van der Waals surface area contributed by atoms with E-state index in [-0.39, 0.29) is 11.8 Å². The first-order valence-corrected chi connectivity index (χ1v) is 10.3. The standard InChI is InChI=1S/C23H26N4O3/c1-15(2)18-12-19-17(14-30-21(19)10-16(18)3)11-22(28)26-6-8-27(9-7-26)23(29)20-13-24-4-5-25-20/h4-5,10,12-15H,6-9,11H2,1-3H3. The minimum Gasteiger partial charge on any atom is -0.464 e. The number of aryl methyl sites for hydroxylation is 1. The summed E-state index contributed by atoms with van der Waals surface area (Å²) in [7, 11) is 0. The number of rotatable bonds is 4. The maximum Gasteiger partial charge on any atom is 0.274 e. The zero-order valence-corrected chi connectivity index (χ0v) is 17.6. The van der Waals surface area contributed by atoms with E-state index in [9.17, 15) is 9.59 Å². The van der Waals surface area contributed by atoms with Crippen molar-refractivity contribution in [3.05, 3.63) is 59.4 Å². The van der Waals surface area contributed by atoms with E-state index in [0.29, 0.717) is 44.2 Å². The smallest absolute Gasteiger partial charge is 0.274 e. The van der Waals surface area contributed by atoms with E-state index in [2.05, 4.69) is 42.9 Å². The number of aromatic nitrogens is 2. The summed E-state index contributed by atoms with van der Waals surface area (Å²) in [5.41, 5.74) is 4.54. The molecule has 1 aliphatic rings. The molecule has 1 aromatic carbocycles. The number of carbonyl (C=O) groups is 2. The molecule has 0 unspecified atom stereocenters. The van der Waals surface area contributed by atoms with Crippen LogP contribution in [-0.4, -0.2) is 57.8 Å². The molecule has 0 spiro atoms. The lowest BCUT2D eigenvalue weighted by Gasteiger charge is -2.34. The first-order valence-electron chi connectivity index (χ1n) is 10.3. The number of benzene rings is 1. The van der Waals surface area contributed by atoms with Gasteiger partial charge in [-0.15, -0.1) is 0 Å². The molecule has 2 amide bonds. The predicted molar refractivity (Wildman–Crippen MR) is 113 cm³/mol. The molecule has 0 saturated carbocycles. The molecule has 156 valence electrons. The molecule has 1 aliphatic heterocycles. The summed E-state index contributed by atoms with van der Waals surface area (Å²) in [6.45, 7) is 8.42. The summed E-state index contributed by atoms with van der Waals surface area (Å²) in [6.07, 6.45) is 6.51. The first-order chi connectivity index (χ1) is 14.4. The minimum atomic E-state index is -0.146. The van der Waals surface area contributed by atoms with Crippen LogP contribution >= 0.6 is 0 Å². The van der Waals surface area contributed by atoms with Crippen molar-refractivity contribution < 1.29 is 14.0 Å². The Morgan fingerprint density at radius 1 is 1.10 bits per heavy atom. The summed E-state index contributed by atoms with van der Waals surface area (Å²) in [5.74, 6) is 0.316. The van der Waals surface area contributed by atoms with Crippen LogP contribution in [-0.2, 0) is 11.2 Å². The Balaban J connectivity index is 1.42. The van der Waals surface area contributed by atoms with Gasteiger partial charge in [-0.25, -0.2) is 4.98 Å². The molecule has 0 radical (unpaired) electrons. The van der Waals surface area contributed by atoms with E-state index in [1.165, 1.54) is 23.5 Å². The van der Waals surface area contributed by atoms with Crippen LogP contribution < -0.4 is 0 Å². The fourth-order valence-electron chi connectivity index (χ4n) is 4.01. The van der Waals surface area contributed by atoms with Crippen molar-refractivity contribution in [2.24, 2.45) is 0 Å². The number of carbonyl (C=O) groups excluding carboxylic acids is 2. The van der Waals surface area contributed by atoms with E-state index in [0.717, 1.165) is 16.5 Å². The lowest BCUT2D eigenvalue weighted by atomic mass is 9.95. The second-order valence-electron chi connectivity index (χ2n) is 8.06. The highest BCUT2D eigenvalue weighted by molar-refractivity contribution is 5.92. The molecule has 0 aliphatic carbocycles. The number of piperazine rings is 1. The largest absolute Gasteiger partial charge is 0.464 e. The fraction of sp³-hybridized carbons (Fsp3) is 0.391. The van der Waals surface area contributed by atoms with Crippen LogP contribution in [0.4, 0.5) is 0 Å². The van der Waals surface area contributed by atoms with Crippen molar-refractivity contribution >= 4 is 22.8 Å². The maximum atomic E-state index is 12.9. The van der Waals surface area contributed by atoms with Gasteiger partial charge in [0, 0.05) is 49.5 Å². The van der Waals surface area contributed by atoms with Crippen molar-refractivity contribution in [3.8, 4) is 0 Å². The number of hydrogen-bond donors (Lipinski definition) is 0. The molecule has 0 N–H and O–H groups in total. The van der Waals surface area contributed by atoms with Gasteiger partial charge < -0.3 is 14.2 Å². The molecule has 1 saturated heterocycles. The van der Waals surface area contributed by atoms with Gasteiger partial charge in [-0.1, -0.05) is 13.8 Å². The predicted octanol–water partition coefficient (Wildman–Crippen LogP) is 3.18.